The molecule has 17 heavy (non-hydrogen) atoms. The number of hydrogen-bond donors (Lipinski definition) is 2. The molecule has 2 N–H and O–H groups in total. The number of carboxylic acid groups (broad SMARTS) is 1. The van der Waals surface area contributed by atoms with Crippen molar-refractivity contribution >= 4 is 17.7 Å². The Balaban J connectivity index is 2.47. The standard InChI is InChI=1S/C11H18N4O2/c1-8(10(16)17)4-6-12-9-5-7-13-11(14-9)15(2)3/h5,7-8H,4,6H2,1-3H3,(H,16,17)(H,12,13,14). The van der Waals surface area contributed by atoms with Gasteiger partial charge in [0.2, 0.25) is 5.95 Å². The van der Waals surface area contributed by atoms with E-state index < -0.39 is 5.97 Å². The average Bonchev–Trinajstić information content (AvgIpc) is 2.29. The predicted octanol–water partition coefficient (Wildman–Crippen LogP) is 1.07. The Hall–Kier alpha value is -1.85. The van der Waals surface area contributed by atoms with Crippen LogP contribution in [0.15, 0.2) is 12.3 Å². The number of nitrogens with one attached hydrogen (secondary N) is 1. The molecule has 1 rings (SSSR count). The van der Waals surface area contributed by atoms with Crippen LogP contribution in [0.1, 0.15) is 13.3 Å². The number of hydrogen-bond acceptors (Lipinski definition) is 5. The van der Waals surface area contributed by atoms with E-state index in [1.165, 1.54) is 0 Å². The molecule has 0 radical (unpaired) electrons. The third-order valence-electron chi connectivity index (χ3n) is 2.35. The Morgan fingerprint density at radius 1 is 1.59 bits per heavy atom. The van der Waals surface area contributed by atoms with Gasteiger partial charge in [0.1, 0.15) is 5.82 Å². The van der Waals surface area contributed by atoms with Crippen molar-refractivity contribution in [2.75, 3.05) is 30.9 Å². The zero-order valence-electron chi connectivity index (χ0n) is 10.3. The molecule has 1 heterocycles. The molecule has 0 bridgehead atoms. The fourth-order valence-electron chi connectivity index (χ4n) is 1.20. The number of rotatable bonds is 6. The van der Waals surface area contributed by atoms with Crippen molar-refractivity contribution in [3.05, 3.63) is 12.3 Å². The van der Waals surface area contributed by atoms with Crippen molar-refractivity contribution in [3.63, 3.8) is 0 Å². The highest BCUT2D eigenvalue weighted by Gasteiger charge is 2.10. The molecule has 1 unspecified atom stereocenters. The van der Waals surface area contributed by atoms with E-state index >= 15 is 0 Å². The molecular weight excluding hydrogens is 220 g/mol. The van der Waals surface area contributed by atoms with Crippen LogP contribution in [0.25, 0.3) is 0 Å². The van der Waals surface area contributed by atoms with Gasteiger partial charge in [-0.25, -0.2) is 4.98 Å². The van der Waals surface area contributed by atoms with Crippen LogP contribution in [0, 0.1) is 5.92 Å². The Labute approximate surface area is 101 Å². The first-order valence-electron chi connectivity index (χ1n) is 5.47. The predicted molar refractivity (Wildman–Crippen MR) is 66.3 cm³/mol. The van der Waals surface area contributed by atoms with Gasteiger partial charge in [-0.15, -0.1) is 0 Å². The van der Waals surface area contributed by atoms with Gasteiger partial charge in [0, 0.05) is 26.8 Å². The molecule has 0 saturated carbocycles. The Morgan fingerprint density at radius 2 is 2.29 bits per heavy atom. The monoisotopic (exact) mass is 238 g/mol. The highest BCUT2D eigenvalue weighted by molar-refractivity contribution is 5.69. The second-order valence-electron chi connectivity index (χ2n) is 4.09. The fourth-order valence-corrected chi connectivity index (χ4v) is 1.20. The van der Waals surface area contributed by atoms with Crippen molar-refractivity contribution in [3.8, 4) is 0 Å². The lowest BCUT2D eigenvalue weighted by Gasteiger charge is -2.12. The highest BCUT2D eigenvalue weighted by Crippen LogP contribution is 2.09. The first-order chi connectivity index (χ1) is 8.00. The lowest BCUT2D eigenvalue weighted by atomic mass is 10.1. The summed E-state index contributed by atoms with van der Waals surface area (Å²) in [4.78, 5) is 20.8. The minimum Gasteiger partial charge on any atom is -0.481 e. The maximum Gasteiger partial charge on any atom is 0.306 e. The summed E-state index contributed by atoms with van der Waals surface area (Å²) in [7, 11) is 3.73. The Morgan fingerprint density at radius 3 is 2.88 bits per heavy atom. The van der Waals surface area contributed by atoms with Crippen molar-refractivity contribution in [1.29, 1.82) is 0 Å². The molecule has 6 heteroatoms. The maximum absolute atomic E-state index is 10.6. The summed E-state index contributed by atoms with van der Waals surface area (Å²) in [6.45, 7) is 2.27. The smallest absolute Gasteiger partial charge is 0.306 e. The van der Waals surface area contributed by atoms with Gasteiger partial charge in [-0.2, -0.15) is 4.98 Å². The minimum atomic E-state index is -0.775. The molecule has 94 valence electrons. The quantitative estimate of drug-likeness (QED) is 0.771. The molecule has 0 spiro atoms. The van der Waals surface area contributed by atoms with Gasteiger partial charge in [0.05, 0.1) is 5.92 Å². The zero-order chi connectivity index (χ0) is 12.8. The Kier molecular flexibility index (Phi) is 4.68. The molecule has 1 atom stereocenters. The number of nitrogens with zero attached hydrogens (tertiary/aromatic N) is 3. The maximum atomic E-state index is 10.6. The number of carboxylic acids is 1. The van der Waals surface area contributed by atoms with Crippen molar-refractivity contribution in [2.24, 2.45) is 5.92 Å². The van der Waals surface area contributed by atoms with Gasteiger partial charge in [-0.1, -0.05) is 6.92 Å². The van der Waals surface area contributed by atoms with E-state index in [1.54, 1.807) is 19.2 Å². The molecule has 0 aliphatic carbocycles. The van der Waals surface area contributed by atoms with Crippen LogP contribution < -0.4 is 10.2 Å². The average molecular weight is 238 g/mol. The molecule has 0 aromatic carbocycles. The zero-order valence-corrected chi connectivity index (χ0v) is 10.3. The summed E-state index contributed by atoms with van der Waals surface area (Å²) in [5, 5.41) is 11.8. The first-order valence-corrected chi connectivity index (χ1v) is 5.47. The largest absolute Gasteiger partial charge is 0.481 e. The second kappa shape index (κ2) is 6.03. The SMILES string of the molecule is CC(CCNc1ccnc(N(C)C)n1)C(=O)O. The number of anilines is 2. The molecule has 6 nitrogen and oxygen atoms in total. The van der Waals surface area contributed by atoms with Crippen LogP contribution in [-0.2, 0) is 4.79 Å². The summed E-state index contributed by atoms with van der Waals surface area (Å²) in [6, 6.07) is 1.76. The lowest BCUT2D eigenvalue weighted by Crippen LogP contribution is -2.16. The van der Waals surface area contributed by atoms with E-state index in [0.717, 1.165) is 0 Å². The number of aromatic nitrogens is 2. The van der Waals surface area contributed by atoms with Gasteiger partial charge in [-0.3, -0.25) is 4.79 Å². The van der Waals surface area contributed by atoms with Gasteiger partial charge in [0.25, 0.3) is 0 Å². The Bertz CT molecular complexity index is 381. The van der Waals surface area contributed by atoms with Crippen LogP contribution in [0.5, 0.6) is 0 Å². The van der Waals surface area contributed by atoms with Crippen LogP contribution in [0.3, 0.4) is 0 Å². The molecule has 1 aromatic rings. The van der Waals surface area contributed by atoms with E-state index in [0.29, 0.717) is 24.7 Å². The highest BCUT2D eigenvalue weighted by atomic mass is 16.4. The normalized spacial score (nSPS) is 11.9. The molecular formula is C11H18N4O2. The summed E-state index contributed by atoms with van der Waals surface area (Å²) in [5.74, 6) is 0.212. The summed E-state index contributed by atoms with van der Waals surface area (Å²) >= 11 is 0. The van der Waals surface area contributed by atoms with Gasteiger partial charge in [-0.05, 0) is 12.5 Å². The number of carbonyl (C=O) groups is 1. The van der Waals surface area contributed by atoms with E-state index in [1.807, 2.05) is 19.0 Å². The summed E-state index contributed by atoms with van der Waals surface area (Å²) in [6.07, 6.45) is 2.24. The summed E-state index contributed by atoms with van der Waals surface area (Å²) < 4.78 is 0. The van der Waals surface area contributed by atoms with Gasteiger partial charge >= 0.3 is 5.97 Å². The fraction of sp³-hybridized carbons (Fsp3) is 0.545. The third-order valence-corrected chi connectivity index (χ3v) is 2.35. The van der Waals surface area contributed by atoms with Crippen LogP contribution in [0.4, 0.5) is 11.8 Å². The second-order valence-corrected chi connectivity index (χ2v) is 4.09. The topological polar surface area (TPSA) is 78.4 Å². The molecule has 0 aliphatic heterocycles. The molecule has 0 fully saturated rings. The van der Waals surface area contributed by atoms with E-state index in [4.69, 9.17) is 5.11 Å². The van der Waals surface area contributed by atoms with Crippen molar-refractivity contribution < 1.29 is 9.90 Å². The van der Waals surface area contributed by atoms with E-state index in [2.05, 4.69) is 15.3 Å². The first kappa shape index (κ1) is 13.2. The van der Waals surface area contributed by atoms with Crippen LogP contribution >= 0.6 is 0 Å². The van der Waals surface area contributed by atoms with Gasteiger partial charge in [0.15, 0.2) is 0 Å². The van der Waals surface area contributed by atoms with Crippen LogP contribution in [-0.4, -0.2) is 41.7 Å². The van der Waals surface area contributed by atoms with E-state index in [-0.39, 0.29) is 5.92 Å². The summed E-state index contributed by atoms with van der Waals surface area (Å²) in [5.41, 5.74) is 0. The molecule has 0 saturated heterocycles. The molecule has 1 aromatic heterocycles. The van der Waals surface area contributed by atoms with E-state index in [9.17, 15) is 4.79 Å². The van der Waals surface area contributed by atoms with Crippen molar-refractivity contribution in [1.82, 2.24) is 9.97 Å². The van der Waals surface area contributed by atoms with Crippen LogP contribution in [0.2, 0.25) is 0 Å². The molecule has 0 aliphatic rings. The van der Waals surface area contributed by atoms with Gasteiger partial charge < -0.3 is 15.3 Å². The third kappa shape index (κ3) is 4.26. The van der Waals surface area contributed by atoms with Crippen molar-refractivity contribution in [2.45, 2.75) is 13.3 Å². The molecule has 0 amide bonds. The number of aliphatic carboxylic acids is 1. The lowest BCUT2D eigenvalue weighted by molar-refractivity contribution is -0.141. The minimum absolute atomic E-state index is 0.349.